The van der Waals surface area contributed by atoms with Crippen LogP contribution in [0, 0.1) is 18.8 Å². The van der Waals surface area contributed by atoms with Gasteiger partial charge in [-0.2, -0.15) is 12.1 Å². The van der Waals surface area contributed by atoms with Crippen LogP contribution in [0.15, 0.2) is 188 Å². The maximum absolute atomic E-state index is 9.07. The molecule has 0 amide bonds. The molecule has 8 aromatic carbocycles. The van der Waals surface area contributed by atoms with Crippen molar-refractivity contribution in [1.82, 2.24) is 9.55 Å². The molecule has 1 aliphatic rings. The van der Waals surface area contributed by atoms with Crippen molar-refractivity contribution < 1.29 is 44.2 Å². The number of fused-ring (bicyclic) bond motifs is 4. The summed E-state index contributed by atoms with van der Waals surface area (Å²) in [6.07, 6.45) is 1.77. The van der Waals surface area contributed by atoms with Gasteiger partial charge in [-0.25, -0.2) is 4.98 Å². The van der Waals surface area contributed by atoms with Crippen molar-refractivity contribution in [3.8, 4) is 51.1 Å². The number of rotatable bonds is 9. The standard InChI is InChI=1S/C66H59N4O2.Pt/c1-64(2,3)46-38-55(65(4,5)6)63(56(39-46)66(7,8)9)72-50-36-37-67-61(42-50)70-57-31-17-16-28-53(57)54-35-34-49(41-60(54)70)71-48-27-20-26-47(40-48)68-43-69(59-33-19-18-32-58(59)68)62-51(44-22-12-10-13-23-44)29-21-30-52(62)45-24-14-11-15-25-45;/h10-39,42-43H,1-9H3;/q-3;/i10D,11D,12D,13D,14D,15D,22D,23D,24D,25D;. The van der Waals surface area contributed by atoms with E-state index in [1.165, 1.54) is 5.56 Å². The van der Waals surface area contributed by atoms with E-state index in [-0.39, 0.29) is 65.3 Å². The van der Waals surface area contributed by atoms with Crippen molar-refractivity contribution >= 4 is 44.6 Å². The van der Waals surface area contributed by atoms with E-state index in [0.717, 1.165) is 38.7 Å². The molecule has 1 aliphatic heterocycles. The number of nitrogens with zero attached hydrogens (tertiary/aromatic N) is 4. The molecule has 3 heterocycles. The molecule has 0 aliphatic carbocycles. The molecule has 0 radical (unpaired) electrons. The van der Waals surface area contributed by atoms with Crippen LogP contribution in [-0.2, 0) is 37.3 Å². The van der Waals surface area contributed by atoms with Gasteiger partial charge >= 0.3 is 0 Å². The Hall–Kier alpha value is -7.40. The molecule has 0 saturated carbocycles. The van der Waals surface area contributed by atoms with Crippen molar-refractivity contribution in [3.05, 3.63) is 223 Å². The number of hydrogen-bond acceptors (Lipinski definition) is 5. The zero-order chi connectivity index (χ0) is 58.6. The molecule has 0 unspecified atom stereocenters. The van der Waals surface area contributed by atoms with Gasteiger partial charge in [-0.15, -0.1) is 48.1 Å². The van der Waals surface area contributed by atoms with E-state index in [4.69, 9.17) is 28.2 Å². The minimum atomic E-state index is -0.570. The number of anilines is 4. The van der Waals surface area contributed by atoms with Gasteiger partial charge in [-0.1, -0.05) is 189 Å². The molecular weight excluding hydrogens is 1080 g/mol. The Kier molecular flexibility index (Phi) is 10.1. The van der Waals surface area contributed by atoms with Crippen LogP contribution in [0.4, 0.5) is 22.7 Å². The van der Waals surface area contributed by atoms with E-state index < -0.39 is 60.4 Å². The Morgan fingerprint density at radius 2 is 1.14 bits per heavy atom. The number of ether oxygens (including phenoxy) is 2. The van der Waals surface area contributed by atoms with Gasteiger partial charge in [-0.3, -0.25) is 0 Å². The van der Waals surface area contributed by atoms with Gasteiger partial charge in [0.2, 0.25) is 0 Å². The Labute approximate surface area is 459 Å². The van der Waals surface area contributed by atoms with Gasteiger partial charge in [0.05, 0.1) is 13.7 Å². The van der Waals surface area contributed by atoms with Crippen LogP contribution >= 0.6 is 0 Å². The first kappa shape index (κ1) is 38.2. The Balaban J connectivity index is 0.00000769. The van der Waals surface area contributed by atoms with Crippen molar-refractivity contribution in [2.75, 3.05) is 9.80 Å². The van der Waals surface area contributed by atoms with Crippen LogP contribution in [0.1, 0.15) is 92.7 Å². The van der Waals surface area contributed by atoms with Crippen LogP contribution in [0.5, 0.6) is 23.0 Å². The second-order valence-corrected chi connectivity index (χ2v) is 21.1. The third-order valence-corrected chi connectivity index (χ3v) is 13.0. The fourth-order valence-corrected chi connectivity index (χ4v) is 9.37. The molecule has 2 aromatic heterocycles. The summed E-state index contributed by atoms with van der Waals surface area (Å²) in [5.74, 6) is 2.87. The molecular formula is C66H59N4O2Pt-3. The van der Waals surface area contributed by atoms with Crippen molar-refractivity contribution in [2.24, 2.45) is 0 Å². The van der Waals surface area contributed by atoms with Crippen molar-refractivity contribution in [3.63, 3.8) is 0 Å². The Morgan fingerprint density at radius 1 is 0.548 bits per heavy atom. The van der Waals surface area contributed by atoms with E-state index in [1.807, 2.05) is 77.7 Å². The number of pyridine rings is 1. The summed E-state index contributed by atoms with van der Waals surface area (Å²) < 4.78 is 103. The quantitative estimate of drug-likeness (QED) is 0.135. The van der Waals surface area contributed by atoms with Gasteiger partial charge in [-0.05, 0) is 62.6 Å². The second kappa shape index (κ2) is 19.2. The molecule has 0 bridgehead atoms. The summed E-state index contributed by atoms with van der Waals surface area (Å²) in [5.41, 5.74) is 6.68. The van der Waals surface area contributed by atoms with Crippen LogP contribution in [0.2, 0.25) is 0 Å². The number of benzene rings is 8. The third-order valence-electron chi connectivity index (χ3n) is 13.0. The molecule has 0 fully saturated rings. The normalized spacial score (nSPS) is 14.7. The average molecular weight is 1150 g/mol. The van der Waals surface area contributed by atoms with Crippen molar-refractivity contribution in [2.45, 2.75) is 78.6 Å². The minimum Gasteiger partial charge on any atom is -0.509 e. The fraction of sp³-hybridized carbons (Fsp3) is 0.182. The maximum atomic E-state index is 9.07. The molecule has 368 valence electrons. The number of hydrogen-bond donors (Lipinski definition) is 0. The van der Waals surface area contributed by atoms with Gasteiger partial charge in [0.1, 0.15) is 17.3 Å². The van der Waals surface area contributed by atoms with Crippen molar-refractivity contribution in [1.29, 1.82) is 0 Å². The number of aromatic nitrogens is 2. The topological polar surface area (TPSA) is 42.8 Å². The van der Waals surface area contributed by atoms with Crippen LogP contribution in [0.25, 0.3) is 49.9 Å². The zero-order valence-electron chi connectivity index (χ0n) is 52.1. The average Bonchev–Trinajstić information content (AvgIpc) is 2.75. The van der Waals surface area contributed by atoms with Gasteiger partial charge in [0.15, 0.2) is 0 Å². The smallest absolute Gasteiger partial charge is 0.139 e. The largest absolute Gasteiger partial charge is 0.509 e. The third kappa shape index (κ3) is 9.46. The summed E-state index contributed by atoms with van der Waals surface area (Å²) >= 11 is 0. The minimum absolute atomic E-state index is 0. The van der Waals surface area contributed by atoms with E-state index in [0.29, 0.717) is 40.1 Å². The molecule has 0 atom stereocenters. The maximum Gasteiger partial charge on any atom is 0.139 e. The van der Waals surface area contributed by atoms with Crippen LogP contribution in [0.3, 0.4) is 0 Å². The Morgan fingerprint density at radius 3 is 1.77 bits per heavy atom. The summed E-state index contributed by atoms with van der Waals surface area (Å²) in [5, 5.41) is 1.94. The van der Waals surface area contributed by atoms with Crippen LogP contribution in [-0.4, -0.2) is 9.55 Å². The molecule has 73 heavy (non-hydrogen) atoms. The monoisotopic (exact) mass is 1140 g/mol. The van der Waals surface area contributed by atoms with E-state index in [1.54, 1.807) is 42.0 Å². The summed E-state index contributed by atoms with van der Waals surface area (Å²) in [6, 6.07) is 39.9. The molecule has 0 N–H and O–H groups in total. The first-order valence-electron chi connectivity index (χ1n) is 29.0. The van der Waals surface area contributed by atoms with E-state index >= 15 is 0 Å². The first-order chi connectivity index (χ1) is 38.7. The summed E-state index contributed by atoms with van der Waals surface area (Å²) in [6.45, 7) is 21.8. The molecule has 10 aromatic rings. The molecule has 0 saturated heterocycles. The van der Waals surface area contributed by atoms with Gasteiger partial charge in [0, 0.05) is 89.7 Å². The Bertz CT molecular complexity index is 4080. The van der Waals surface area contributed by atoms with E-state index in [2.05, 4.69) is 103 Å². The molecule has 6 nitrogen and oxygen atoms in total. The molecule has 7 heteroatoms. The number of para-hydroxylation sites is 4. The predicted octanol–water partition coefficient (Wildman–Crippen LogP) is 18.0. The SMILES string of the molecule is [2H]c1c([2H])c([2H])c(-c2cccc(-c3c([2H])c([2H])c([2H])c([2H])c3[2H])c2N2[CH-]N(c3[c-]c(Oc4[c-]c5c(cc4)c4ccccc4n5-c4cc(Oc5c(C(C)(C)C)cc(C(C)(C)C)cc5C(C)(C)C)ccn4)ccc3)c3ccccc32)c([2H])c1[2H].[Pt]. The first-order valence-corrected chi connectivity index (χ1v) is 24.0. The predicted molar refractivity (Wildman–Crippen MR) is 298 cm³/mol. The van der Waals surface area contributed by atoms with Crippen LogP contribution < -0.4 is 19.3 Å². The molecule has 11 rings (SSSR count). The summed E-state index contributed by atoms with van der Waals surface area (Å²) in [4.78, 5) is 8.53. The fourth-order valence-electron chi connectivity index (χ4n) is 9.37. The van der Waals surface area contributed by atoms with E-state index in [9.17, 15) is 0 Å². The molecule has 0 spiro atoms. The van der Waals surface area contributed by atoms with Gasteiger partial charge < -0.3 is 23.8 Å². The summed E-state index contributed by atoms with van der Waals surface area (Å²) in [7, 11) is 0. The second-order valence-electron chi connectivity index (χ2n) is 21.1. The van der Waals surface area contributed by atoms with Gasteiger partial charge in [0.25, 0.3) is 0 Å². The zero-order valence-corrected chi connectivity index (χ0v) is 44.4.